The van der Waals surface area contributed by atoms with Gasteiger partial charge < -0.3 is 10.1 Å². The van der Waals surface area contributed by atoms with Crippen LogP contribution in [0.4, 0.5) is 0 Å². The molecular formula is C29H28N2O3. The summed E-state index contributed by atoms with van der Waals surface area (Å²) in [5.74, 6) is 5.53. The highest BCUT2D eigenvalue weighted by Crippen LogP contribution is 2.26. The van der Waals surface area contributed by atoms with Crippen molar-refractivity contribution in [2.75, 3.05) is 20.2 Å². The maximum atomic E-state index is 13.0. The van der Waals surface area contributed by atoms with Crippen LogP contribution in [-0.4, -0.2) is 42.5 Å². The van der Waals surface area contributed by atoms with E-state index in [1.54, 1.807) is 12.1 Å². The third-order valence-corrected chi connectivity index (χ3v) is 6.16. The van der Waals surface area contributed by atoms with Crippen LogP contribution >= 0.6 is 0 Å². The molecule has 0 atom stereocenters. The average Bonchev–Trinajstić information content (AvgIpc) is 2.89. The van der Waals surface area contributed by atoms with Crippen molar-refractivity contribution in [2.45, 2.75) is 24.9 Å². The summed E-state index contributed by atoms with van der Waals surface area (Å²) in [6.45, 7) is 2.20. The molecule has 1 N–H and O–H groups in total. The van der Waals surface area contributed by atoms with Crippen molar-refractivity contribution < 1.29 is 14.3 Å². The van der Waals surface area contributed by atoms with Gasteiger partial charge in [0.25, 0.3) is 5.91 Å². The van der Waals surface area contributed by atoms with Crippen LogP contribution in [0.15, 0.2) is 84.9 Å². The summed E-state index contributed by atoms with van der Waals surface area (Å²) in [7, 11) is 1.37. The van der Waals surface area contributed by atoms with Gasteiger partial charge in [0.05, 0.1) is 7.11 Å². The lowest BCUT2D eigenvalue weighted by molar-refractivity contribution is -0.150. The van der Waals surface area contributed by atoms with E-state index in [2.05, 4.69) is 34.2 Å². The summed E-state index contributed by atoms with van der Waals surface area (Å²) in [4.78, 5) is 28.0. The van der Waals surface area contributed by atoms with Gasteiger partial charge in [0, 0.05) is 36.3 Å². The Bertz CT molecular complexity index is 1170. The Morgan fingerprint density at radius 1 is 0.853 bits per heavy atom. The number of hydrogen-bond acceptors (Lipinski definition) is 4. The molecule has 1 aliphatic rings. The third kappa shape index (κ3) is 5.72. The van der Waals surface area contributed by atoms with E-state index >= 15 is 0 Å². The maximum absolute atomic E-state index is 13.0. The monoisotopic (exact) mass is 452 g/mol. The molecule has 0 aromatic heterocycles. The van der Waals surface area contributed by atoms with E-state index in [1.165, 1.54) is 12.7 Å². The highest BCUT2D eigenvalue weighted by Gasteiger charge is 2.43. The zero-order valence-corrected chi connectivity index (χ0v) is 19.3. The second kappa shape index (κ2) is 10.8. The topological polar surface area (TPSA) is 58.6 Å². The van der Waals surface area contributed by atoms with E-state index in [9.17, 15) is 9.59 Å². The molecule has 0 spiro atoms. The van der Waals surface area contributed by atoms with Crippen molar-refractivity contribution in [1.82, 2.24) is 10.2 Å². The van der Waals surface area contributed by atoms with Gasteiger partial charge in [-0.15, -0.1) is 0 Å². The fourth-order valence-corrected chi connectivity index (χ4v) is 4.17. The fraction of sp³-hybridized carbons (Fsp3) is 0.241. The number of esters is 1. The minimum absolute atomic E-state index is 0.288. The number of benzene rings is 3. The van der Waals surface area contributed by atoms with Crippen LogP contribution in [-0.2, 0) is 16.1 Å². The lowest BCUT2D eigenvalue weighted by Gasteiger charge is -2.40. The lowest BCUT2D eigenvalue weighted by Crippen LogP contribution is -2.60. The van der Waals surface area contributed by atoms with Gasteiger partial charge >= 0.3 is 5.97 Å². The van der Waals surface area contributed by atoms with Gasteiger partial charge in [-0.25, -0.2) is 4.79 Å². The summed E-state index contributed by atoms with van der Waals surface area (Å²) in [5.41, 5.74) is 2.44. The molecule has 0 bridgehead atoms. The summed E-state index contributed by atoms with van der Waals surface area (Å²) < 4.78 is 5.09. The van der Waals surface area contributed by atoms with E-state index in [4.69, 9.17) is 4.74 Å². The van der Waals surface area contributed by atoms with Crippen LogP contribution in [0.1, 0.15) is 39.9 Å². The molecule has 3 aromatic rings. The Labute approximate surface area is 200 Å². The van der Waals surface area contributed by atoms with Crippen molar-refractivity contribution >= 4 is 11.9 Å². The van der Waals surface area contributed by atoms with Gasteiger partial charge in [-0.1, -0.05) is 60.4 Å². The quantitative estimate of drug-likeness (QED) is 0.469. The molecule has 1 fully saturated rings. The van der Waals surface area contributed by atoms with Gasteiger partial charge in [-0.3, -0.25) is 9.69 Å². The zero-order valence-electron chi connectivity index (χ0n) is 19.3. The van der Waals surface area contributed by atoms with Crippen LogP contribution in [0.2, 0.25) is 0 Å². The van der Waals surface area contributed by atoms with E-state index in [0.717, 1.165) is 17.7 Å². The van der Waals surface area contributed by atoms with Gasteiger partial charge in [-0.2, -0.15) is 0 Å². The van der Waals surface area contributed by atoms with Gasteiger partial charge in [0.2, 0.25) is 0 Å². The SMILES string of the molecule is COC(=O)C1(NC(=O)c2ccc(C#Cc3ccccc3)cc2)CCN(Cc2ccccc2)CC1. The second-order valence-electron chi connectivity index (χ2n) is 8.48. The molecular weight excluding hydrogens is 424 g/mol. The Hall–Kier alpha value is -3.88. The number of amides is 1. The van der Waals surface area contributed by atoms with Crippen molar-refractivity contribution in [1.29, 1.82) is 0 Å². The third-order valence-electron chi connectivity index (χ3n) is 6.16. The number of nitrogens with one attached hydrogen (secondary N) is 1. The number of methoxy groups -OCH3 is 1. The smallest absolute Gasteiger partial charge is 0.331 e. The molecule has 1 saturated heterocycles. The first-order chi connectivity index (χ1) is 16.6. The number of ether oxygens (including phenoxy) is 1. The fourth-order valence-electron chi connectivity index (χ4n) is 4.17. The van der Waals surface area contributed by atoms with Crippen molar-refractivity contribution in [3.8, 4) is 11.8 Å². The van der Waals surface area contributed by atoms with Gasteiger partial charge in [-0.05, 0) is 54.8 Å². The minimum atomic E-state index is -1.02. The van der Waals surface area contributed by atoms with E-state index < -0.39 is 11.5 Å². The highest BCUT2D eigenvalue weighted by atomic mass is 16.5. The number of hydrogen-bond donors (Lipinski definition) is 1. The summed E-state index contributed by atoms with van der Waals surface area (Å²) in [6.07, 6.45) is 0.998. The maximum Gasteiger partial charge on any atom is 0.331 e. The minimum Gasteiger partial charge on any atom is -0.467 e. The Morgan fingerprint density at radius 2 is 1.41 bits per heavy atom. The first-order valence-electron chi connectivity index (χ1n) is 11.4. The van der Waals surface area contributed by atoms with Crippen LogP contribution in [0.5, 0.6) is 0 Å². The predicted molar refractivity (Wildman–Crippen MR) is 132 cm³/mol. The van der Waals surface area contributed by atoms with Crippen LogP contribution in [0.25, 0.3) is 0 Å². The molecule has 3 aromatic carbocycles. The summed E-state index contributed by atoms with van der Waals surface area (Å²) >= 11 is 0. The number of carbonyl (C=O) groups excluding carboxylic acids is 2. The molecule has 34 heavy (non-hydrogen) atoms. The van der Waals surface area contributed by atoms with Crippen LogP contribution < -0.4 is 5.32 Å². The van der Waals surface area contributed by atoms with E-state index in [0.29, 0.717) is 31.5 Å². The molecule has 0 aliphatic carbocycles. The first kappa shape index (κ1) is 23.3. The highest BCUT2D eigenvalue weighted by molar-refractivity contribution is 5.98. The second-order valence-corrected chi connectivity index (χ2v) is 8.48. The van der Waals surface area contributed by atoms with E-state index in [-0.39, 0.29) is 5.91 Å². The molecule has 172 valence electrons. The van der Waals surface area contributed by atoms with E-state index in [1.807, 2.05) is 60.7 Å². The van der Waals surface area contributed by atoms with Crippen LogP contribution in [0.3, 0.4) is 0 Å². The zero-order chi connectivity index (χ0) is 23.8. The normalized spacial score (nSPS) is 15.0. The molecule has 4 rings (SSSR count). The lowest BCUT2D eigenvalue weighted by atomic mass is 9.86. The number of likely N-dealkylation sites (tertiary alicyclic amines) is 1. The Morgan fingerprint density at radius 3 is 2.00 bits per heavy atom. The molecule has 5 heteroatoms. The predicted octanol–water partition coefficient (Wildman–Crippen LogP) is 4.02. The number of carbonyl (C=O) groups is 2. The van der Waals surface area contributed by atoms with Crippen molar-refractivity contribution in [2.24, 2.45) is 0 Å². The average molecular weight is 453 g/mol. The molecule has 0 radical (unpaired) electrons. The van der Waals surface area contributed by atoms with Gasteiger partial charge in [0.15, 0.2) is 0 Å². The molecule has 0 saturated carbocycles. The molecule has 5 nitrogen and oxygen atoms in total. The van der Waals surface area contributed by atoms with Crippen LogP contribution in [0, 0.1) is 11.8 Å². The number of piperidine rings is 1. The van der Waals surface area contributed by atoms with Crippen molar-refractivity contribution in [3.63, 3.8) is 0 Å². The Kier molecular flexibility index (Phi) is 7.41. The molecule has 0 unspecified atom stereocenters. The summed E-state index contributed by atoms with van der Waals surface area (Å²) in [5, 5.41) is 2.98. The molecule has 1 heterocycles. The number of nitrogens with zero attached hydrogens (tertiary/aromatic N) is 1. The standard InChI is InChI=1S/C29H28N2O3/c1-34-28(33)29(18-20-31(21-19-29)22-25-10-6-3-7-11-25)30-27(32)26-16-14-24(15-17-26)13-12-23-8-4-2-5-9-23/h2-11,14-17H,18-22H2,1H3,(H,30,32). The van der Waals surface area contributed by atoms with Crippen molar-refractivity contribution in [3.05, 3.63) is 107 Å². The summed E-state index contributed by atoms with van der Waals surface area (Å²) in [6, 6.07) is 27.1. The first-order valence-corrected chi connectivity index (χ1v) is 11.4. The largest absolute Gasteiger partial charge is 0.467 e. The molecule has 1 amide bonds. The molecule has 1 aliphatic heterocycles. The Balaban J connectivity index is 1.41. The van der Waals surface area contributed by atoms with Gasteiger partial charge in [0.1, 0.15) is 5.54 Å². The number of rotatable bonds is 5.